The Bertz CT molecular complexity index is 740. The molecule has 1 aliphatic rings. The summed E-state index contributed by atoms with van der Waals surface area (Å²) in [5.41, 5.74) is -0.0253. The first-order valence-corrected chi connectivity index (χ1v) is 8.10. The molecule has 1 fully saturated rings. The van der Waals surface area contributed by atoms with E-state index >= 15 is 0 Å². The second-order valence-corrected chi connectivity index (χ2v) is 6.66. The summed E-state index contributed by atoms with van der Waals surface area (Å²) < 4.78 is 0. The smallest absolute Gasteiger partial charge is 0.305 e. The molecule has 2 heterocycles. The molecule has 1 saturated carbocycles. The van der Waals surface area contributed by atoms with Crippen LogP contribution in [0, 0.1) is 6.92 Å². The van der Waals surface area contributed by atoms with Gasteiger partial charge in [-0.25, -0.2) is 15.0 Å². The predicted octanol–water partition coefficient (Wildman–Crippen LogP) is 2.04. The molecule has 0 aromatic carbocycles. The van der Waals surface area contributed by atoms with E-state index in [1.54, 1.807) is 25.4 Å². The van der Waals surface area contributed by atoms with E-state index in [2.05, 4.69) is 20.3 Å². The minimum atomic E-state index is -0.899. The van der Waals surface area contributed by atoms with Crippen molar-refractivity contribution in [1.29, 1.82) is 0 Å². The largest absolute Gasteiger partial charge is 0.481 e. The maximum absolute atomic E-state index is 12.5. The van der Waals surface area contributed by atoms with Gasteiger partial charge in [0, 0.05) is 12.4 Å². The minimum Gasteiger partial charge on any atom is -0.481 e. The van der Waals surface area contributed by atoms with Crippen molar-refractivity contribution in [3.63, 3.8) is 0 Å². The topological polar surface area (TPSA) is 105 Å². The number of amides is 1. The van der Waals surface area contributed by atoms with Crippen molar-refractivity contribution in [2.24, 2.45) is 0 Å². The van der Waals surface area contributed by atoms with Gasteiger partial charge in [0.25, 0.3) is 5.91 Å². The number of aryl methyl sites for hydroxylation is 1. The quantitative estimate of drug-likeness (QED) is 0.868. The van der Waals surface area contributed by atoms with Gasteiger partial charge < -0.3 is 10.4 Å². The van der Waals surface area contributed by atoms with Gasteiger partial charge in [0.2, 0.25) is 0 Å². The Labute approximate surface area is 136 Å². The molecule has 0 aliphatic heterocycles. The van der Waals surface area contributed by atoms with Crippen molar-refractivity contribution in [1.82, 2.24) is 20.3 Å². The maximum Gasteiger partial charge on any atom is 0.305 e. The van der Waals surface area contributed by atoms with Gasteiger partial charge in [0.15, 0.2) is 10.8 Å². The minimum absolute atomic E-state index is 0.0504. The number of hydrogen-bond acceptors (Lipinski definition) is 6. The highest BCUT2D eigenvalue weighted by Gasteiger charge is 2.41. The molecular formula is C15H16N4O3S. The van der Waals surface area contributed by atoms with Crippen LogP contribution in [0.25, 0.3) is 10.8 Å². The number of nitrogens with zero attached hydrogens (tertiary/aromatic N) is 3. The number of carboxylic acids is 1. The maximum atomic E-state index is 12.5. The molecule has 0 unspecified atom stereocenters. The number of hydrogen-bond donors (Lipinski definition) is 2. The zero-order chi connectivity index (χ0) is 16.4. The zero-order valence-corrected chi connectivity index (χ0v) is 13.4. The summed E-state index contributed by atoms with van der Waals surface area (Å²) >= 11 is 1.22. The Kier molecular flexibility index (Phi) is 4.08. The van der Waals surface area contributed by atoms with Gasteiger partial charge in [-0.3, -0.25) is 9.59 Å². The number of rotatable bonds is 5. The van der Waals surface area contributed by atoms with E-state index < -0.39 is 11.5 Å². The van der Waals surface area contributed by atoms with Crippen LogP contribution in [-0.4, -0.2) is 37.5 Å². The monoisotopic (exact) mass is 332 g/mol. The van der Waals surface area contributed by atoms with Crippen LogP contribution in [0.4, 0.5) is 0 Å². The third-order valence-electron chi connectivity index (χ3n) is 3.94. The van der Waals surface area contributed by atoms with Crippen molar-refractivity contribution in [2.45, 2.75) is 38.1 Å². The van der Waals surface area contributed by atoms with Crippen LogP contribution in [0.2, 0.25) is 0 Å². The molecule has 120 valence electrons. The number of aromatic nitrogens is 3. The van der Waals surface area contributed by atoms with E-state index in [4.69, 9.17) is 5.11 Å². The Morgan fingerprint density at radius 3 is 2.61 bits per heavy atom. The van der Waals surface area contributed by atoms with Gasteiger partial charge in [-0.1, -0.05) is 0 Å². The van der Waals surface area contributed by atoms with Crippen molar-refractivity contribution in [3.05, 3.63) is 29.0 Å². The third-order valence-corrected chi connectivity index (χ3v) is 5.09. The van der Waals surface area contributed by atoms with Crippen LogP contribution in [0.15, 0.2) is 18.5 Å². The van der Waals surface area contributed by atoms with Gasteiger partial charge in [0.05, 0.1) is 17.7 Å². The van der Waals surface area contributed by atoms with Crippen LogP contribution in [0.1, 0.15) is 41.0 Å². The molecule has 3 rings (SSSR count). The predicted molar refractivity (Wildman–Crippen MR) is 84.2 cm³/mol. The fourth-order valence-corrected chi connectivity index (χ4v) is 3.56. The molecule has 7 nitrogen and oxygen atoms in total. The van der Waals surface area contributed by atoms with Crippen molar-refractivity contribution in [3.8, 4) is 10.8 Å². The molecular weight excluding hydrogens is 316 g/mol. The van der Waals surface area contributed by atoms with Crippen molar-refractivity contribution in [2.75, 3.05) is 0 Å². The number of carboxylic acid groups (broad SMARTS) is 1. The van der Waals surface area contributed by atoms with Gasteiger partial charge in [0.1, 0.15) is 4.88 Å². The first-order chi connectivity index (χ1) is 11.0. The second-order valence-electron chi connectivity index (χ2n) is 5.66. The summed E-state index contributed by atoms with van der Waals surface area (Å²) in [6.45, 7) is 1.75. The highest BCUT2D eigenvalue weighted by molar-refractivity contribution is 7.17. The lowest BCUT2D eigenvalue weighted by Crippen LogP contribution is -2.54. The molecule has 0 spiro atoms. The summed E-state index contributed by atoms with van der Waals surface area (Å²) in [5.74, 6) is -0.698. The van der Waals surface area contributed by atoms with E-state index in [1.807, 2.05) is 0 Å². The number of aliphatic carboxylic acids is 1. The Morgan fingerprint density at radius 2 is 2.04 bits per heavy atom. The molecule has 0 bridgehead atoms. The van der Waals surface area contributed by atoms with E-state index in [0.717, 1.165) is 6.42 Å². The fraction of sp³-hybridized carbons (Fsp3) is 0.400. The van der Waals surface area contributed by atoms with Crippen LogP contribution < -0.4 is 5.32 Å². The zero-order valence-electron chi connectivity index (χ0n) is 12.6. The molecule has 0 radical (unpaired) electrons. The lowest BCUT2D eigenvalue weighted by Gasteiger charge is -2.41. The number of carbonyl (C=O) groups is 2. The number of thiazole rings is 1. The number of nitrogens with one attached hydrogen (secondary N) is 1. The second kappa shape index (κ2) is 6.04. The SMILES string of the molecule is Cc1nc(-c2ncccn2)sc1C(=O)NC1(CC(=O)O)CCC1. The molecule has 0 saturated heterocycles. The summed E-state index contributed by atoms with van der Waals surface area (Å²) in [7, 11) is 0. The Morgan fingerprint density at radius 1 is 1.35 bits per heavy atom. The van der Waals surface area contributed by atoms with Crippen molar-refractivity contribution < 1.29 is 14.7 Å². The molecule has 23 heavy (non-hydrogen) atoms. The van der Waals surface area contributed by atoms with Crippen LogP contribution >= 0.6 is 11.3 Å². The number of carbonyl (C=O) groups excluding carboxylic acids is 1. The summed E-state index contributed by atoms with van der Waals surface area (Å²) in [6, 6.07) is 1.71. The molecule has 1 amide bonds. The summed E-state index contributed by atoms with van der Waals surface area (Å²) in [6.07, 6.45) is 5.50. The highest BCUT2D eigenvalue weighted by atomic mass is 32.1. The standard InChI is InChI=1S/C15H16N4O3S/c1-9-11(23-14(18-9)12-16-6-3-7-17-12)13(22)19-15(4-2-5-15)8-10(20)21/h3,6-7H,2,4-5,8H2,1H3,(H,19,22)(H,20,21). The fourth-order valence-electron chi connectivity index (χ4n) is 2.65. The highest BCUT2D eigenvalue weighted by Crippen LogP contribution is 2.36. The van der Waals surface area contributed by atoms with E-state index in [9.17, 15) is 9.59 Å². The molecule has 2 N–H and O–H groups in total. The van der Waals surface area contributed by atoms with E-state index in [-0.39, 0.29) is 12.3 Å². The van der Waals surface area contributed by atoms with Gasteiger partial charge in [-0.15, -0.1) is 11.3 Å². The molecule has 8 heteroatoms. The van der Waals surface area contributed by atoms with Crippen LogP contribution in [-0.2, 0) is 4.79 Å². The van der Waals surface area contributed by atoms with E-state index in [0.29, 0.717) is 34.2 Å². The van der Waals surface area contributed by atoms with E-state index in [1.165, 1.54) is 11.3 Å². The first-order valence-electron chi connectivity index (χ1n) is 7.28. The Hall–Kier alpha value is -2.35. The summed E-state index contributed by atoms with van der Waals surface area (Å²) in [5, 5.41) is 12.5. The van der Waals surface area contributed by atoms with Gasteiger partial charge >= 0.3 is 5.97 Å². The normalized spacial score (nSPS) is 15.7. The third kappa shape index (κ3) is 3.21. The average molecular weight is 332 g/mol. The van der Waals surface area contributed by atoms with Gasteiger partial charge in [-0.05, 0) is 32.3 Å². The average Bonchev–Trinajstić information content (AvgIpc) is 2.87. The van der Waals surface area contributed by atoms with Gasteiger partial charge in [-0.2, -0.15) is 0 Å². The van der Waals surface area contributed by atoms with Crippen LogP contribution in [0.5, 0.6) is 0 Å². The first kappa shape index (κ1) is 15.5. The lowest BCUT2D eigenvalue weighted by atomic mass is 9.74. The molecule has 2 aromatic heterocycles. The lowest BCUT2D eigenvalue weighted by molar-refractivity contribution is -0.139. The molecule has 0 atom stereocenters. The van der Waals surface area contributed by atoms with Crippen molar-refractivity contribution >= 4 is 23.2 Å². The summed E-state index contributed by atoms with van der Waals surface area (Å²) in [4.78, 5) is 36.6. The van der Waals surface area contributed by atoms with Crippen LogP contribution in [0.3, 0.4) is 0 Å². The Balaban J connectivity index is 1.80. The molecule has 1 aliphatic carbocycles. The molecule has 2 aromatic rings.